The first-order valence-electron chi connectivity index (χ1n) is 7.02. The van der Waals surface area contributed by atoms with Gasteiger partial charge in [-0.1, -0.05) is 42.5 Å². The third-order valence-electron chi connectivity index (χ3n) is 3.95. The van der Waals surface area contributed by atoms with Crippen molar-refractivity contribution >= 4 is 0 Å². The quantitative estimate of drug-likeness (QED) is 0.791. The van der Waals surface area contributed by atoms with Crippen LogP contribution in [0.25, 0.3) is 0 Å². The SMILES string of the molecule is COCc1ccc2cc1CCc1cccc(c1)CC2. The van der Waals surface area contributed by atoms with Gasteiger partial charge in [-0.25, -0.2) is 0 Å². The Morgan fingerprint density at radius 3 is 2.26 bits per heavy atom. The van der Waals surface area contributed by atoms with Gasteiger partial charge in [0.1, 0.15) is 0 Å². The van der Waals surface area contributed by atoms with Crippen molar-refractivity contribution in [3.05, 3.63) is 70.3 Å². The van der Waals surface area contributed by atoms with Gasteiger partial charge in [0.15, 0.2) is 0 Å². The zero-order chi connectivity index (χ0) is 13.1. The van der Waals surface area contributed by atoms with Crippen LogP contribution >= 0.6 is 0 Å². The molecule has 3 rings (SSSR count). The van der Waals surface area contributed by atoms with Gasteiger partial charge < -0.3 is 4.74 Å². The number of methoxy groups -OCH3 is 1. The molecule has 98 valence electrons. The Bertz CT molecular complexity index is 572. The Balaban J connectivity index is 1.94. The lowest BCUT2D eigenvalue weighted by Gasteiger charge is -2.14. The fraction of sp³-hybridized carbons (Fsp3) is 0.333. The molecule has 2 aromatic carbocycles. The molecule has 4 bridgehead atoms. The van der Waals surface area contributed by atoms with Gasteiger partial charge in [0, 0.05) is 7.11 Å². The van der Waals surface area contributed by atoms with E-state index >= 15 is 0 Å². The smallest absolute Gasteiger partial charge is 0.0715 e. The van der Waals surface area contributed by atoms with E-state index in [1.54, 1.807) is 7.11 Å². The van der Waals surface area contributed by atoms with Crippen molar-refractivity contribution in [3.8, 4) is 0 Å². The topological polar surface area (TPSA) is 9.23 Å². The number of aryl methyl sites for hydroxylation is 4. The van der Waals surface area contributed by atoms with E-state index in [2.05, 4.69) is 42.5 Å². The average molecular weight is 252 g/mol. The second-order valence-electron chi connectivity index (χ2n) is 5.36. The van der Waals surface area contributed by atoms with Crippen molar-refractivity contribution in [2.75, 3.05) is 7.11 Å². The molecular formula is C18H20O. The van der Waals surface area contributed by atoms with Gasteiger partial charge in [-0.3, -0.25) is 0 Å². The molecular weight excluding hydrogens is 232 g/mol. The normalized spacial score (nSPS) is 14.2. The molecule has 0 N–H and O–H groups in total. The second-order valence-corrected chi connectivity index (χ2v) is 5.36. The summed E-state index contributed by atoms with van der Waals surface area (Å²) in [6, 6.07) is 15.9. The summed E-state index contributed by atoms with van der Waals surface area (Å²) in [7, 11) is 1.77. The maximum absolute atomic E-state index is 5.31. The number of hydrogen-bond donors (Lipinski definition) is 0. The van der Waals surface area contributed by atoms with Gasteiger partial charge in [0.25, 0.3) is 0 Å². The lowest BCUT2D eigenvalue weighted by molar-refractivity contribution is 0.184. The number of rotatable bonds is 2. The fourth-order valence-electron chi connectivity index (χ4n) is 2.87. The number of fused-ring (bicyclic) bond motifs is 4. The van der Waals surface area contributed by atoms with Gasteiger partial charge >= 0.3 is 0 Å². The first kappa shape index (κ1) is 12.4. The van der Waals surface area contributed by atoms with E-state index < -0.39 is 0 Å². The van der Waals surface area contributed by atoms with Crippen molar-refractivity contribution < 1.29 is 4.74 Å². The summed E-state index contributed by atoms with van der Waals surface area (Å²) in [4.78, 5) is 0. The van der Waals surface area contributed by atoms with Crippen LogP contribution in [0.4, 0.5) is 0 Å². The molecule has 0 atom stereocenters. The molecule has 0 fully saturated rings. The summed E-state index contributed by atoms with van der Waals surface area (Å²) in [6.07, 6.45) is 4.49. The molecule has 1 aliphatic carbocycles. The molecule has 0 heterocycles. The van der Waals surface area contributed by atoms with Crippen LogP contribution in [0.15, 0.2) is 42.5 Å². The third kappa shape index (κ3) is 2.87. The van der Waals surface area contributed by atoms with Gasteiger partial charge in [-0.15, -0.1) is 0 Å². The molecule has 0 saturated carbocycles. The first-order valence-corrected chi connectivity index (χ1v) is 7.02. The van der Waals surface area contributed by atoms with E-state index in [4.69, 9.17) is 4.74 Å². The van der Waals surface area contributed by atoms with Crippen molar-refractivity contribution in [1.29, 1.82) is 0 Å². The minimum Gasteiger partial charge on any atom is -0.380 e. The molecule has 0 unspecified atom stereocenters. The predicted octanol–water partition coefficient (Wildman–Crippen LogP) is 3.72. The van der Waals surface area contributed by atoms with Crippen molar-refractivity contribution in [1.82, 2.24) is 0 Å². The number of hydrogen-bond acceptors (Lipinski definition) is 1. The van der Waals surface area contributed by atoms with Crippen molar-refractivity contribution in [2.45, 2.75) is 32.3 Å². The van der Waals surface area contributed by atoms with Gasteiger partial charge in [0.05, 0.1) is 6.61 Å². The lowest BCUT2D eigenvalue weighted by Crippen LogP contribution is -2.03. The lowest BCUT2D eigenvalue weighted by atomic mass is 9.92. The molecule has 1 aliphatic rings. The first-order chi connectivity index (χ1) is 9.35. The Kier molecular flexibility index (Phi) is 3.65. The van der Waals surface area contributed by atoms with Gasteiger partial charge in [0.2, 0.25) is 0 Å². The molecule has 19 heavy (non-hydrogen) atoms. The molecule has 0 saturated heterocycles. The van der Waals surface area contributed by atoms with E-state index in [1.165, 1.54) is 27.8 Å². The Hall–Kier alpha value is -1.60. The van der Waals surface area contributed by atoms with E-state index in [1.807, 2.05) is 0 Å². The summed E-state index contributed by atoms with van der Waals surface area (Å²) in [5.41, 5.74) is 7.15. The van der Waals surface area contributed by atoms with E-state index in [0.29, 0.717) is 0 Å². The monoisotopic (exact) mass is 252 g/mol. The van der Waals surface area contributed by atoms with Crippen LogP contribution in [-0.2, 0) is 37.0 Å². The van der Waals surface area contributed by atoms with Crippen LogP contribution in [0.2, 0.25) is 0 Å². The van der Waals surface area contributed by atoms with Crippen LogP contribution in [0.5, 0.6) is 0 Å². The highest BCUT2D eigenvalue weighted by Crippen LogP contribution is 2.20. The predicted molar refractivity (Wildman–Crippen MR) is 78.4 cm³/mol. The Morgan fingerprint density at radius 1 is 0.842 bits per heavy atom. The molecule has 0 amide bonds. The third-order valence-corrected chi connectivity index (χ3v) is 3.95. The summed E-state index contributed by atoms with van der Waals surface area (Å²) in [5, 5.41) is 0. The summed E-state index contributed by atoms with van der Waals surface area (Å²) in [5.74, 6) is 0. The highest BCUT2D eigenvalue weighted by molar-refractivity contribution is 5.35. The maximum atomic E-state index is 5.31. The zero-order valence-electron chi connectivity index (χ0n) is 11.5. The number of ether oxygens (including phenoxy) is 1. The molecule has 2 aromatic rings. The molecule has 0 spiro atoms. The summed E-state index contributed by atoms with van der Waals surface area (Å²) >= 11 is 0. The zero-order valence-corrected chi connectivity index (χ0v) is 11.5. The maximum Gasteiger partial charge on any atom is 0.0715 e. The Labute approximate surface area is 115 Å². The molecule has 1 heteroatoms. The highest BCUT2D eigenvalue weighted by Gasteiger charge is 2.08. The van der Waals surface area contributed by atoms with E-state index in [9.17, 15) is 0 Å². The fourth-order valence-corrected chi connectivity index (χ4v) is 2.87. The van der Waals surface area contributed by atoms with Gasteiger partial charge in [-0.2, -0.15) is 0 Å². The standard InChI is InChI=1S/C18H20O/c1-19-13-18-10-8-16-6-5-14-3-2-4-15(11-14)7-9-17(18)12-16/h2-4,8,10-12H,5-7,9,13H2,1H3. The second kappa shape index (κ2) is 5.58. The van der Waals surface area contributed by atoms with Crippen molar-refractivity contribution in [2.24, 2.45) is 0 Å². The van der Waals surface area contributed by atoms with Crippen LogP contribution in [0.1, 0.15) is 27.8 Å². The van der Waals surface area contributed by atoms with Crippen LogP contribution in [0, 0.1) is 0 Å². The molecule has 1 nitrogen and oxygen atoms in total. The summed E-state index contributed by atoms with van der Waals surface area (Å²) < 4.78 is 5.31. The van der Waals surface area contributed by atoms with E-state index in [-0.39, 0.29) is 0 Å². The highest BCUT2D eigenvalue weighted by atomic mass is 16.5. The molecule has 0 radical (unpaired) electrons. The summed E-state index contributed by atoms with van der Waals surface area (Å²) in [6.45, 7) is 0.718. The average Bonchev–Trinajstić information content (AvgIpc) is 2.45. The van der Waals surface area contributed by atoms with Crippen molar-refractivity contribution in [3.63, 3.8) is 0 Å². The molecule has 0 aliphatic heterocycles. The number of benzene rings is 2. The minimum absolute atomic E-state index is 0.718. The van der Waals surface area contributed by atoms with Crippen LogP contribution < -0.4 is 0 Å². The van der Waals surface area contributed by atoms with Crippen LogP contribution in [0.3, 0.4) is 0 Å². The largest absolute Gasteiger partial charge is 0.380 e. The van der Waals surface area contributed by atoms with Crippen LogP contribution in [-0.4, -0.2) is 7.11 Å². The Morgan fingerprint density at radius 2 is 1.53 bits per heavy atom. The minimum atomic E-state index is 0.718. The van der Waals surface area contributed by atoms with Gasteiger partial charge in [-0.05, 0) is 53.5 Å². The van der Waals surface area contributed by atoms with E-state index in [0.717, 1.165) is 32.3 Å². The molecule has 0 aromatic heterocycles.